The average molecular weight is 438 g/mol. The summed E-state index contributed by atoms with van der Waals surface area (Å²) < 4.78 is 36.8. The molecule has 0 fully saturated rings. The van der Waals surface area contributed by atoms with Crippen LogP contribution in [0.2, 0.25) is 0 Å². The van der Waals surface area contributed by atoms with Gasteiger partial charge in [0, 0.05) is 10.6 Å². The van der Waals surface area contributed by atoms with Crippen molar-refractivity contribution in [2.24, 2.45) is 10.2 Å². The topological polar surface area (TPSA) is 190 Å². The highest BCUT2D eigenvalue weighted by molar-refractivity contribution is 7.94. The van der Waals surface area contributed by atoms with Gasteiger partial charge in [-0.3, -0.25) is 4.55 Å². The van der Waals surface area contributed by atoms with Crippen molar-refractivity contribution in [2.75, 3.05) is 11.5 Å². The third-order valence-corrected chi connectivity index (χ3v) is 5.19. The summed E-state index contributed by atoms with van der Waals surface area (Å²) in [6.45, 7) is 0. The molecule has 0 unspecified atom stereocenters. The number of nitrogens with two attached hydrogens (primary N) is 2. The van der Waals surface area contributed by atoms with Gasteiger partial charge in [0.05, 0.1) is 23.1 Å². The Labute approximate surface area is 168 Å². The van der Waals surface area contributed by atoms with Crippen LogP contribution in [0.3, 0.4) is 0 Å². The molecule has 0 saturated heterocycles. The third-order valence-electron chi connectivity index (χ3n) is 3.75. The number of anilines is 2. The quantitative estimate of drug-likeness (QED) is 0.0944. The molecule has 29 heavy (non-hydrogen) atoms. The normalized spacial score (nSPS) is 12.1. The Morgan fingerprint density at radius 3 is 2.48 bits per heavy atom. The van der Waals surface area contributed by atoms with Crippen molar-refractivity contribution in [1.82, 2.24) is 0 Å². The van der Waals surface area contributed by atoms with E-state index in [1.165, 1.54) is 24.3 Å². The van der Waals surface area contributed by atoms with Crippen molar-refractivity contribution in [3.05, 3.63) is 42.5 Å². The van der Waals surface area contributed by atoms with E-state index < -0.39 is 15.0 Å². The molecule has 0 heterocycles. The molecule has 0 amide bonds. The van der Waals surface area contributed by atoms with E-state index >= 15 is 0 Å². The minimum atomic E-state index is -4.60. The maximum Gasteiger partial charge on any atom is 0.296 e. The summed E-state index contributed by atoms with van der Waals surface area (Å²) in [6, 6.07) is 9.74. The van der Waals surface area contributed by atoms with Crippen molar-refractivity contribution in [2.45, 2.75) is 9.79 Å². The van der Waals surface area contributed by atoms with Crippen LogP contribution in [0.25, 0.3) is 10.8 Å². The predicted octanol–water partition coefficient (Wildman–Crippen LogP) is 3.80. The molecular weight excluding hydrogens is 424 g/mol. The Hall–Kier alpha value is -2.94. The Bertz CT molecular complexity index is 1220. The second-order valence-electron chi connectivity index (χ2n) is 5.67. The van der Waals surface area contributed by atoms with Crippen LogP contribution in [0.1, 0.15) is 0 Å². The van der Waals surface area contributed by atoms with Gasteiger partial charge in [-0.1, -0.05) is 11.1 Å². The zero-order valence-corrected chi connectivity index (χ0v) is 16.0. The molecule has 11 nitrogen and oxygen atoms in total. The van der Waals surface area contributed by atoms with Gasteiger partial charge in [-0.15, -0.1) is 14.6 Å². The molecular formula is C16H14N4O7S2. The summed E-state index contributed by atoms with van der Waals surface area (Å²) in [5.74, 6) is -0.222. The number of fused-ring (bicyclic) bond motifs is 1. The van der Waals surface area contributed by atoms with Gasteiger partial charge >= 0.3 is 0 Å². The van der Waals surface area contributed by atoms with Crippen molar-refractivity contribution >= 4 is 55.7 Å². The van der Waals surface area contributed by atoms with E-state index in [4.69, 9.17) is 16.7 Å². The van der Waals surface area contributed by atoms with Gasteiger partial charge in [-0.25, -0.2) is 5.26 Å². The van der Waals surface area contributed by atoms with E-state index in [9.17, 15) is 18.1 Å². The van der Waals surface area contributed by atoms with Gasteiger partial charge in [-0.2, -0.15) is 8.42 Å². The number of nitrogens with zero attached hydrogens (tertiary/aromatic N) is 2. The second-order valence-corrected chi connectivity index (χ2v) is 7.84. The molecule has 0 aliphatic heterocycles. The number of hydrogen-bond acceptors (Lipinski definition) is 11. The number of phenolic OH excluding ortho intramolecular Hbond substituents is 1. The Morgan fingerprint density at radius 1 is 1.03 bits per heavy atom. The molecule has 0 atom stereocenters. The molecule has 152 valence electrons. The number of azo groups is 1. The molecule has 0 saturated carbocycles. The number of phenols is 1. The molecule has 3 aromatic carbocycles. The van der Waals surface area contributed by atoms with Gasteiger partial charge in [0.1, 0.15) is 22.0 Å². The monoisotopic (exact) mass is 438 g/mol. The largest absolute Gasteiger partial charge is 0.507 e. The van der Waals surface area contributed by atoms with Crippen LogP contribution in [0.5, 0.6) is 5.75 Å². The standard InChI is InChI=1S/C16H14N4O7S2/c17-9-2-4-12(14(6-9)29(23,24)25)19-20-16-11(18)3-1-8-5-10(28-27-26-22)7-13(21)15(8)16/h1-7,21-22H,17-18H2,(H,23,24,25). The van der Waals surface area contributed by atoms with Crippen molar-refractivity contribution < 1.29 is 32.7 Å². The number of rotatable bonds is 6. The lowest BCUT2D eigenvalue weighted by molar-refractivity contribution is -0.432. The summed E-state index contributed by atoms with van der Waals surface area (Å²) in [6.07, 6.45) is 0. The summed E-state index contributed by atoms with van der Waals surface area (Å²) in [5.41, 5.74) is 11.7. The van der Waals surface area contributed by atoms with Crippen LogP contribution in [0.4, 0.5) is 22.7 Å². The highest BCUT2D eigenvalue weighted by Gasteiger charge is 2.17. The number of aromatic hydroxyl groups is 1. The van der Waals surface area contributed by atoms with E-state index in [1.807, 2.05) is 0 Å². The average Bonchev–Trinajstić information content (AvgIpc) is 2.65. The fraction of sp³-hybridized carbons (Fsp3) is 0. The summed E-state index contributed by atoms with van der Waals surface area (Å²) in [4.78, 5) is -0.118. The van der Waals surface area contributed by atoms with E-state index in [-0.39, 0.29) is 33.9 Å². The lowest BCUT2D eigenvalue weighted by Crippen LogP contribution is -1.99. The lowest BCUT2D eigenvalue weighted by Gasteiger charge is -2.09. The minimum Gasteiger partial charge on any atom is -0.507 e. The highest BCUT2D eigenvalue weighted by Crippen LogP contribution is 2.41. The zero-order chi connectivity index (χ0) is 21.2. The molecule has 0 spiro atoms. The Morgan fingerprint density at radius 2 is 1.79 bits per heavy atom. The van der Waals surface area contributed by atoms with Crippen LogP contribution in [-0.2, 0) is 19.5 Å². The zero-order valence-electron chi connectivity index (χ0n) is 14.4. The molecule has 3 rings (SSSR count). The highest BCUT2D eigenvalue weighted by atomic mass is 32.2. The van der Waals surface area contributed by atoms with Crippen molar-refractivity contribution in [1.29, 1.82) is 0 Å². The fourth-order valence-corrected chi connectivity index (χ4v) is 3.65. The summed E-state index contributed by atoms with van der Waals surface area (Å²) in [7, 11) is -4.60. The van der Waals surface area contributed by atoms with Crippen molar-refractivity contribution in [3.8, 4) is 5.75 Å². The van der Waals surface area contributed by atoms with Gasteiger partial charge in [-0.05, 0) is 41.8 Å². The Kier molecular flexibility index (Phi) is 5.88. The predicted molar refractivity (Wildman–Crippen MR) is 106 cm³/mol. The molecule has 13 heteroatoms. The molecule has 7 N–H and O–H groups in total. The lowest BCUT2D eigenvalue weighted by atomic mass is 10.1. The van der Waals surface area contributed by atoms with Gasteiger partial charge < -0.3 is 16.6 Å². The van der Waals surface area contributed by atoms with Crippen molar-refractivity contribution in [3.63, 3.8) is 0 Å². The molecule has 0 radical (unpaired) electrons. The first-order valence-corrected chi connectivity index (χ1v) is 9.87. The number of nitrogen functional groups attached to an aromatic ring is 2. The molecule has 0 aliphatic rings. The maximum absolute atomic E-state index is 11.6. The van der Waals surface area contributed by atoms with E-state index in [0.717, 1.165) is 6.07 Å². The maximum atomic E-state index is 11.6. The number of hydrogen-bond donors (Lipinski definition) is 5. The molecule has 0 aliphatic carbocycles. The van der Waals surface area contributed by atoms with Gasteiger partial charge in [0.15, 0.2) is 0 Å². The Balaban J connectivity index is 2.13. The first kappa shape index (κ1) is 20.8. The fourth-order valence-electron chi connectivity index (χ4n) is 2.55. The smallest absolute Gasteiger partial charge is 0.296 e. The molecule has 0 bridgehead atoms. The first-order valence-electron chi connectivity index (χ1n) is 7.69. The molecule has 0 aromatic heterocycles. The summed E-state index contributed by atoms with van der Waals surface area (Å²) >= 11 is 0.652. The minimum absolute atomic E-state index is 0.0778. The van der Waals surface area contributed by atoms with Crippen LogP contribution < -0.4 is 11.5 Å². The van der Waals surface area contributed by atoms with Crippen LogP contribution >= 0.6 is 12.0 Å². The van der Waals surface area contributed by atoms with E-state index in [2.05, 4.69) is 19.6 Å². The number of benzene rings is 3. The second kappa shape index (κ2) is 8.20. The van der Waals surface area contributed by atoms with Crippen LogP contribution in [0.15, 0.2) is 62.5 Å². The van der Waals surface area contributed by atoms with E-state index in [1.54, 1.807) is 12.1 Å². The third kappa shape index (κ3) is 4.56. The first-order chi connectivity index (χ1) is 13.7. The van der Waals surface area contributed by atoms with Crippen LogP contribution in [-0.4, -0.2) is 23.3 Å². The molecule has 3 aromatic rings. The SMILES string of the molecule is Nc1ccc(N=Nc2c(N)ccc3cc(SOOO)cc(O)c23)c(S(=O)(=O)O)c1. The van der Waals surface area contributed by atoms with E-state index in [0.29, 0.717) is 22.3 Å². The van der Waals surface area contributed by atoms with Gasteiger partial charge in [0.25, 0.3) is 10.1 Å². The summed E-state index contributed by atoms with van der Waals surface area (Å²) in [5, 5.41) is 30.8. The van der Waals surface area contributed by atoms with Gasteiger partial charge in [0.2, 0.25) is 0 Å². The van der Waals surface area contributed by atoms with Crippen LogP contribution in [0, 0.1) is 0 Å².